The average Bonchev–Trinajstić information content (AvgIpc) is 3.10. The summed E-state index contributed by atoms with van der Waals surface area (Å²) >= 11 is 1.15. The average molecular weight is 382 g/mol. The van der Waals surface area contributed by atoms with Crippen LogP contribution in [0.2, 0.25) is 0 Å². The van der Waals surface area contributed by atoms with Crippen molar-refractivity contribution in [3.63, 3.8) is 0 Å². The maximum atomic E-state index is 11.9. The Morgan fingerprint density at radius 2 is 2.04 bits per heavy atom. The lowest BCUT2D eigenvalue weighted by atomic mass is 10.1. The fourth-order valence-electron chi connectivity index (χ4n) is 2.70. The summed E-state index contributed by atoms with van der Waals surface area (Å²) in [7, 11) is -3.07. The van der Waals surface area contributed by atoms with Gasteiger partial charge < -0.3 is 4.74 Å². The van der Waals surface area contributed by atoms with E-state index in [2.05, 4.69) is 15.5 Å². The molecule has 0 aliphatic carbocycles. The zero-order valence-corrected chi connectivity index (χ0v) is 15.5. The van der Waals surface area contributed by atoms with Gasteiger partial charge in [0.05, 0.1) is 22.9 Å². The van der Waals surface area contributed by atoms with Gasteiger partial charge in [0.25, 0.3) is 0 Å². The van der Waals surface area contributed by atoms with E-state index in [0.717, 1.165) is 28.6 Å². The number of carbonyl (C=O) groups is 1. The van der Waals surface area contributed by atoms with Crippen LogP contribution in [0, 0.1) is 13.8 Å². The van der Waals surface area contributed by atoms with Crippen LogP contribution in [0.3, 0.4) is 0 Å². The van der Waals surface area contributed by atoms with Crippen LogP contribution in [0.25, 0.3) is 5.69 Å². The number of thioether (sulfide) groups is 1. The Morgan fingerprint density at radius 3 is 2.68 bits per heavy atom. The number of benzene rings is 1. The third-order valence-electron chi connectivity index (χ3n) is 3.70. The van der Waals surface area contributed by atoms with Crippen molar-refractivity contribution in [3.8, 4) is 5.69 Å². The predicted molar refractivity (Wildman–Crippen MR) is 92.5 cm³/mol. The summed E-state index contributed by atoms with van der Waals surface area (Å²) in [4.78, 5) is 11.9. The molecule has 8 nitrogen and oxygen atoms in total. The molecule has 0 bridgehead atoms. The van der Waals surface area contributed by atoms with E-state index in [1.54, 1.807) is 4.68 Å². The van der Waals surface area contributed by atoms with Crippen molar-refractivity contribution in [2.75, 3.05) is 17.3 Å². The Labute approximate surface area is 149 Å². The molecule has 0 saturated carbocycles. The minimum Gasteiger partial charge on any atom is -0.461 e. The van der Waals surface area contributed by atoms with Crippen molar-refractivity contribution >= 4 is 27.6 Å². The van der Waals surface area contributed by atoms with Gasteiger partial charge in [0.1, 0.15) is 6.10 Å². The smallest absolute Gasteiger partial charge is 0.316 e. The van der Waals surface area contributed by atoms with Crippen LogP contribution in [0.15, 0.2) is 23.4 Å². The van der Waals surface area contributed by atoms with Crippen LogP contribution in [0.5, 0.6) is 0 Å². The number of rotatable bonds is 5. The molecule has 1 aliphatic heterocycles. The highest BCUT2D eigenvalue weighted by Gasteiger charge is 2.30. The molecule has 1 aromatic heterocycles. The normalized spacial score (nSPS) is 19.0. The minimum atomic E-state index is -3.07. The van der Waals surface area contributed by atoms with Gasteiger partial charge in [-0.25, -0.2) is 8.42 Å². The molecule has 0 unspecified atom stereocenters. The third-order valence-corrected chi connectivity index (χ3v) is 6.33. The van der Waals surface area contributed by atoms with E-state index in [0.29, 0.717) is 11.6 Å². The minimum absolute atomic E-state index is 0.0156. The number of carbonyl (C=O) groups excluding carboxylic acids is 1. The predicted octanol–water partition coefficient (Wildman–Crippen LogP) is 1.10. The van der Waals surface area contributed by atoms with Crippen LogP contribution in [-0.2, 0) is 19.4 Å². The Kier molecular flexibility index (Phi) is 5.09. The molecule has 1 aliphatic rings. The Balaban J connectivity index is 1.63. The van der Waals surface area contributed by atoms with Crippen molar-refractivity contribution in [2.24, 2.45) is 0 Å². The highest BCUT2D eigenvalue weighted by Crippen LogP contribution is 2.21. The Bertz CT molecular complexity index is 874. The molecule has 10 heteroatoms. The first-order valence-corrected chi connectivity index (χ1v) is 10.5. The number of esters is 1. The SMILES string of the molecule is Cc1cc(C)cc(-n2nnnc2SCC(=O)O[C@@H]2CCS(=O)(=O)C2)c1. The van der Waals surface area contributed by atoms with Crippen LogP contribution < -0.4 is 0 Å². The standard InChI is InChI=1S/C15H18N4O4S2/c1-10-5-11(2)7-12(6-10)19-15(16-17-18-19)24-8-14(20)23-13-3-4-25(21,22)9-13/h5-7,13H,3-4,8-9H2,1-2H3/t13-/m1/s1. The number of hydrogen-bond donors (Lipinski definition) is 0. The van der Waals surface area contributed by atoms with Crippen molar-refractivity contribution in [3.05, 3.63) is 29.3 Å². The van der Waals surface area contributed by atoms with Crippen molar-refractivity contribution in [1.29, 1.82) is 0 Å². The topological polar surface area (TPSA) is 104 Å². The van der Waals surface area contributed by atoms with Crippen molar-refractivity contribution < 1.29 is 17.9 Å². The van der Waals surface area contributed by atoms with E-state index < -0.39 is 21.9 Å². The number of aromatic nitrogens is 4. The Hall–Kier alpha value is -1.94. The summed E-state index contributed by atoms with van der Waals surface area (Å²) in [6.45, 7) is 3.97. The molecular weight excluding hydrogens is 364 g/mol. The second-order valence-electron chi connectivity index (χ2n) is 6.02. The molecule has 0 amide bonds. The number of hydrogen-bond acceptors (Lipinski definition) is 8. The van der Waals surface area contributed by atoms with E-state index >= 15 is 0 Å². The van der Waals surface area contributed by atoms with Gasteiger partial charge in [-0.1, -0.05) is 17.8 Å². The summed E-state index contributed by atoms with van der Waals surface area (Å²) < 4.78 is 29.6. The molecule has 0 N–H and O–H groups in total. The van der Waals surface area contributed by atoms with E-state index in [-0.39, 0.29) is 17.3 Å². The quantitative estimate of drug-likeness (QED) is 0.559. The summed E-state index contributed by atoms with van der Waals surface area (Å²) in [6.07, 6.45) is -0.188. The molecule has 3 rings (SSSR count). The molecule has 134 valence electrons. The first-order valence-electron chi connectivity index (χ1n) is 7.72. The number of ether oxygens (including phenoxy) is 1. The highest BCUT2D eigenvalue weighted by molar-refractivity contribution is 7.99. The molecule has 1 aromatic carbocycles. The van der Waals surface area contributed by atoms with Gasteiger partial charge in [-0.3, -0.25) is 4.79 Å². The van der Waals surface area contributed by atoms with Crippen LogP contribution in [0.4, 0.5) is 0 Å². The second-order valence-corrected chi connectivity index (χ2v) is 9.19. The molecule has 2 aromatic rings. The van der Waals surface area contributed by atoms with Crippen molar-refractivity contribution in [1.82, 2.24) is 20.2 Å². The summed E-state index contributed by atoms with van der Waals surface area (Å²) in [6, 6.07) is 5.96. The summed E-state index contributed by atoms with van der Waals surface area (Å²) in [5, 5.41) is 12.1. The number of aryl methyl sites for hydroxylation is 2. The first kappa shape index (κ1) is 17.9. The lowest BCUT2D eigenvalue weighted by Crippen LogP contribution is -2.20. The Morgan fingerprint density at radius 1 is 1.32 bits per heavy atom. The lowest BCUT2D eigenvalue weighted by molar-refractivity contribution is -0.144. The van der Waals surface area contributed by atoms with Gasteiger partial charge in [-0.2, -0.15) is 4.68 Å². The molecule has 0 spiro atoms. The second kappa shape index (κ2) is 7.12. The van der Waals surface area contributed by atoms with Crippen LogP contribution >= 0.6 is 11.8 Å². The van der Waals surface area contributed by atoms with E-state index in [4.69, 9.17) is 4.74 Å². The number of sulfone groups is 1. The molecule has 0 radical (unpaired) electrons. The largest absolute Gasteiger partial charge is 0.461 e. The maximum Gasteiger partial charge on any atom is 0.316 e. The van der Waals surface area contributed by atoms with Gasteiger partial charge in [0.15, 0.2) is 9.84 Å². The van der Waals surface area contributed by atoms with Gasteiger partial charge in [-0.15, -0.1) is 5.10 Å². The first-order chi connectivity index (χ1) is 11.8. The molecule has 1 saturated heterocycles. The summed E-state index contributed by atoms with van der Waals surface area (Å²) in [5.74, 6) is -0.476. The van der Waals surface area contributed by atoms with E-state index in [9.17, 15) is 13.2 Å². The molecule has 1 fully saturated rings. The fourth-order valence-corrected chi connectivity index (χ4v) is 4.96. The van der Waals surface area contributed by atoms with Gasteiger partial charge in [-0.05, 0) is 54.0 Å². The molecule has 1 atom stereocenters. The molecule has 2 heterocycles. The summed E-state index contributed by atoms with van der Waals surface area (Å²) in [5.41, 5.74) is 2.99. The fraction of sp³-hybridized carbons (Fsp3) is 0.467. The number of nitrogens with zero attached hydrogens (tertiary/aromatic N) is 4. The number of tetrazole rings is 1. The monoisotopic (exact) mass is 382 g/mol. The van der Waals surface area contributed by atoms with Crippen molar-refractivity contribution in [2.45, 2.75) is 31.5 Å². The molecule has 25 heavy (non-hydrogen) atoms. The van der Waals surface area contributed by atoms with E-state index in [1.165, 1.54) is 0 Å². The lowest BCUT2D eigenvalue weighted by Gasteiger charge is -2.10. The zero-order valence-electron chi connectivity index (χ0n) is 13.9. The maximum absolute atomic E-state index is 11.9. The molecular formula is C15H18N4O4S2. The van der Waals surface area contributed by atoms with Gasteiger partial charge >= 0.3 is 5.97 Å². The van der Waals surface area contributed by atoms with Crippen LogP contribution in [-0.4, -0.2) is 58.0 Å². The third kappa shape index (κ3) is 4.57. The zero-order chi connectivity index (χ0) is 18.0. The van der Waals surface area contributed by atoms with E-state index in [1.807, 2.05) is 32.0 Å². The van der Waals surface area contributed by atoms with Gasteiger partial charge in [0.2, 0.25) is 5.16 Å². The van der Waals surface area contributed by atoms with Gasteiger partial charge in [0, 0.05) is 0 Å². The highest BCUT2D eigenvalue weighted by atomic mass is 32.2. The van der Waals surface area contributed by atoms with Crippen LogP contribution in [0.1, 0.15) is 17.5 Å².